The van der Waals surface area contributed by atoms with Gasteiger partial charge in [0.15, 0.2) is 0 Å². The van der Waals surface area contributed by atoms with E-state index in [1.54, 1.807) is 13.0 Å². The molecule has 6 nitrogen and oxygen atoms in total. The van der Waals surface area contributed by atoms with Crippen LogP contribution in [-0.2, 0) is 9.53 Å². The summed E-state index contributed by atoms with van der Waals surface area (Å²) in [6.45, 7) is 1.78. The van der Waals surface area contributed by atoms with E-state index in [-0.39, 0.29) is 5.97 Å². The van der Waals surface area contributed by atoms with E-state index in [0.717, 1.165) is 5.03 Å². The zero-order valence-electron chi connectivity index (χ0n) is 9.19. The highest BCUT2D eigenvalue weighted by Gasteiger charge is 2.04. The maximum absolute atomic E-state index is 10.9. The third-order valence-corrected chi connectivity index (χ3v) is 2.66. The summed E-state index contributed by atoms with van der Waals surface area (Å²) >= 11 is 1.46. The van der Waals surface area contributed by atoms with Crippen molar-refractivity contribution in [3.63, 3.8) is 0 Å². The normalized spacial score (nSPS) is 9.94. The van der Waals surface area contributed by atoms with E-state index in [4.69, 9.17) is 5.84 Å². The molecule has 7 heteroatoms. The molecule has 0 amide bonds. The number of methoxy groups -OCH3 is 1. The number of aromatic nitrogens is 2. The van der Waals surface area contributed by atoms with E-state index in [9.17, 15) is 4.79 Å². The predicted octanol–water partition coefficient (Wildman–Crippen LogP) is 0.726. The molecule has 0 aromatic carbocycles. The first kappa shape index (κ1) is 12.7. The van der Waals surface area contributed by atoms with Crippen LogP contribution < -0.4 is 11.3 Å². The van der Waals surface area contributed by atoms with Gasteiger partial charge in [0.1, 0.15) is 16.7 Å². The van der Waals surface area contributed by atoms with Crippen molar-refractivity contribution in [3.8, 4) is 0 Å². The number of hydrogen-bond donors (Lipinski definition) is 2. The van der Waals surface area contributed by atoms with Crippen molar-refractivity contribution in [1.82, 2.24) is 9.97 Å². The fourth-order valence-electron chi connectivity index (χ4n) is 1.03. The lowest BCUT2D eigenvalue weighted by Gasteiger charge is -2.04. The number of nitrogens with one attached hydrogen (secondary N) is 1. The molecule has 0 aliphatic rings. The van der Waals surface area contributed by atoms with Crippen LogP contribution in [0, 0.1) is 6.92 Å². The molecule has 0 radical (unpaired) electrons. The minimum absolute atomic E-state index is 0.226. The lowest BCUT2D eigenvalue weighted by molar-refractivity contribution is -0.140. The minimum Gasteiger partial charge on any atom is -0.469 e. The average Bonchev–Trinajstić information content (AvgIpc) is 2.28. The number of hydrogen-bond acceptors (Lipinski definition) is 7. The van der Waals surface area contributed by atoms with Crippen molar-refractivity contribution in [2.45, 2.75) is 18.4 Å². The Balaban J connectivity index is 2.53. The SMILES string of the molecule is COC(=O)CCSc1cc(NN)nc(C)n1. The molecule has 1 aromatic rings. The molecular weight excluding hydrogens is 228 g/mol. The lowest BCUT2D eigenvalue weighted by Crippen LogP contribution is -2.10. The third-order valence-electron chi connectivity index (χ3n) is 1.75. The second-order valence-corrected chi connectivity index (χ2v) is 4.07. The minimum atomic E-state index is -0.226. The summed E-state index contributed by atoms with van der Waals surface area (Å²) in [4.78, 5) is 19.2. The topological polar surface area (TPSA) is 90.1 Å². The zero-order valence-corrected chi connectivity index (χ0v) is 10.0. The number of thioether (sulfide) groups is 1. The summed E-state index contributed by atoms with van der Waals surface area (Å²) in [5.74, 6) is 6.85. The third kappa shape index (κ3) is 4.03. The van der Waals surface area contributed by atoms with Crippen LogP contribution in [0.2, 0.25) is 0 Å². The number of nitrogen functional groups attached to an aromatic ring is 1. The van der Waals surface area contributed by atoms with Gasteiger partial charge in [-0.15, -0.1) is 11.8 Å². The average molecular weight is 242 g/mol. The number of rotatable bonds is 5. The highest BCUT2D eigenvalue weighted by atomic mass is 32.2. The molecule has 0 aliphatic heterocycles. The molecule has 3 N–H and O–H groups in total. The standard InChI is InChI=1S/C9H14N4O2S/c1-6-11-7(13-10)5-8(12-6)16-4-3-9(14)15-2/h5H,3-4,10H2,1-2H3,(H,11,12,13). The number of hydrazine groups is 1. The van der Waals surface area contributed by atoms with Crippen LogP contribution in [0.25, 0.3) is 0 Å². The Kier molecular flexibility index (Phi) is 5.00. The Labute approximate surface area is 98.0 Å². The van der Waals surface area contributed by atoms with E-state index in [1.165, 1.54) is 18.9 Å². The fraction of sp³-hybridized carbons (Fsp3) is 0.444. The van der Waals surface area contributed by atoms with Gasteiger partial charge in [-0.3, -0.25) is 4.79 Å². The smallest absolute Gasteiger partial charge is 0.306 e. The first-order valence-electron chi connectivity index (χ1n) is 4.67. The van der Waals surface area contributed by atoms with Gasteiger partial charge in [-0.2, -0.15) is 0 Å². The number of nitrogens with two attached hydrogens (primary N) is 1. The van der Waals surface area contributed by atoms with Crippen LogP contribution in [0.4, 0.5) is 5.82 Å². The molecule has 88 valence electrons. The number of ether oxygens (including phenoxy) is 1. The molecular formula is C9H14N4O2S. The van der Waals surface area contributed by atoms with Gasteiger partial charge in [0.05, 0.1) is 13.5 Å². The largest absolute Gasteiger partial charge is 0.469 e. The number of aryl methyl sites for hydroxylation is 1. The summed E-state index contributed by atoms with van der Waals surface area (Å²) in [6.07, 6.45) is 0.357. The molecule has 0 unspecified atom stereocenters. The molecule has 1 rings (SSSR count). The molecule has 0 atom stereocenters. The number of anilines is 1. The van der Waals surface area contributed by atoms with Crippen molar-refractivity contribution >= 4 is 23.5 Å². The van der Waals surface area contributed by atoms with Crippen LogP contribution in [0.1, 0.15) is 12.2 Å². The lowest BCUT2D eigenvalue weighted by atomic mass is 10.5. The van der Waals surface area contributed by atoms with Crippen LogP contribution in [0.3, 0.4) is 0 Å². The Morgan fingerprint density at radius 1 is 1.62 bits per heavy atom. The molecule has 0 saturated heterocycles. The van der Waals surface area contributed by atoms with Gasteiger partial charge in [0.2, 0.25) is 0 Å². The Morgan fingerprint density at radius 2 is 2.38 bits per heavy atom. The Hall–Kier alpha value is -1.34. The molecule has 0 saturated carbocycles. The van der Waals surface area contributed by atoms with Crippen LogP contribution in [0.5, 0.6) is 0 Å². The van der Waals surface area contributed by atoms with Gasteiger partial charge in [-0.1, -0.05) is 0 Å². The summed E-state index contributed by atoms with van der Waals surface area (Å²) in [7, 11) is 1.37. The number of esters is 1. The number of carbonyl (C=O) groups excluding carboxylic acids is 1. The molecule has 1 aromatic heterocycles. The first-order valence-corrected chi connectivity index (χ1v) is 5.66. The van der Waals surface area contributed by atoms with Crippen molar-refractivity contribution in [3.05, 3.63) is 11.9 Å². The van der Waals surface area contributed by atoms with Crippen molar-refractivity contribution in [1.29, 1.82) is 0 Å². The van der Waals surface area contributed by atoms with E-state index in [1.807, 2.05) is 0 Å². The van der Waals surface area contributed by atoms with E-state index in [0.29, 0.717) is 23.8 Å². The maximum Gasteiger partial charge on any atom is 0.306 e. The Morgan fingerprint density at radius 3 is 3.00 bits per heavy atom. The zero-order chi connectivity index (χ0) is 12.0. The Bertz CT molecular complexity index is 373. The van der Waals surface area contributed by atoms with Gasteiger partial charge in [-0.25, -0.2) is 15.8 Å². The van der Waals surface area contributed by atoms with Gasteiger partial charge >= 0.3 is 5.97 Å². The summed E-state index contributed by atoms with van der Waals surface area (Å²) in [5.41, 5.74) is 2.46. The summed E-state index contributed by atoms with van der Waals surface area (Å²) < 4.78 is 4.54. The highest BCUT2D eigenvalue weighted by Crippen LogP contribution is 2.18. The molecule has 0 spiro atoms. The van der Waals surface area contributed by atoms with Crippen molar-refractivity contribution in [2.24, 2.45) is 5.84 Å². The summed E-state index contributed by atoms with van der Waals surface area (Å²) in [5, 5.41) is 0.782. The summed E-state index contributed by atoms with van der Waals surface area (Å²) in [6, 6.07) is 1.73. The highest BCUT2D eigenvalue weighted by molar-refractivity contribution is 7.99. The fourth-order valence-corrected chi connectivity index (χ4v) is 1.90. The second kappa shape index (κ2) is 6.29. The number of carbonyl (C=O) groups is 1. The monoisotopic (exact) mass is 242 g/mol. The number of nitrogens with zero attached hydrogens (tertiary/aromatic N) is 2. The maximum atomic E-state index is 10.9. The van der Waals surface area contributed by atoms with Gasteiger partial charge < -0.3 is 10.2 Å². The van der Waals surface area contributed by atoms with E-state index in [2.05, 4.69) is 20.1 Å². The van der Waals surface area contributed by atoms with Crippen molar-refractivity contribution in [2.75, 3.05) is 18.3 Å². The quantitative estimate of drug-likeness (QED) is 0.258. The molecule has 0 aliphatic carbocycles. The molecule has 0 fully saturated rings. The van der Waals surface area contributed by atoms with Gasteiger partial charge in [0, 0.05) is 11.8 Å². The molecule has 16 heavy (non-hydrogen) atoms. The first-order chi connectivity index (χ1) is 7.65. The van der Waals surface area contributed by atoms with Crippen LogP contribution in [-0.4, -0.2) is 28.8 Å². The van der Waals surface area contributed by atoms with Gasteiger partial charge in [-0.05, 0) is 6.92 Å². The van der Waals surface area contributed by atoms with Crippen LogP contribution in [0.15, 0.2) is 11.1 Å². The predicted molar refractivity (Wildman–Crippen MR) is 61.9 cm³/mol. The molecule has 0 bridgehead atoms. The van der Waals surface area contributed by atoms with E-state index >= 15 is 0 Å². The van der Waals surface area contributed by atoms with Gasteiger partial charge in [0.25, 0.3) is 0 Å². The molecule has 1 heterocycles. The van der Waals surface area contributed by atoms with Crippen molar-refractivity contribution < 1.29 is 9.53 Å². The van der Waals surface area contributed by atoms with E-state index < -0.39 is 0 Å². The second-order valence-electron chi connectivity index (χ2n) is 2.96. The van der Waals surface area contributed by atoms with Crippen LogP contribution >= 0.6 is 11.8 Å².